The second-order valence-electron chi connectivity index (χ2n) is 0.399. The van der Waals surface area contributed by atoms with Crippen LogP contribution >= 0.6 is 0 Å². The molecular formula is C2H5F3Si. The van der Waals surface area contributed by atoms with Crippen LogP contribution in [0.2, 0.25) is 0 Å². The van der Waals surface area contributed by atoms with Crippen LogP contribution in [0.25, 0.3) is 0 Å². The van der Waals surface area contributed by atoms with Gasteiger partial charge in [-0.15, -0.1) is 0 Å². The van der Waals surface area contributed by atoms with E-state index in [1.165, 1.54) is 0 Å². The number of hydrogen-bond acceptors (Lipinski definition) is 0. The van der Waals surface area contributed by atoms with Gasteiger partial charge in [-0.2, -0.15) is 8.78 Å². The standard InChI is InChI=1S/C2HF3.H4Si/c3-1-2(4)5;/h1H;1H4. The Kier molecular flexibility index (Phi) is 7.30. The summed E-state index contributed by atoms with van der Waals surface area (Å²) in [5, 5.41) is 0. The molecule has 6 heavy (non-hydrogen) atoms. The van der Waals surface area contributed by atoms with Crippen LogP contribution in [-0.2, 0) is 0 Å². The molecule has 0 amide bonds. The quantitative estimate of drug-likeness (QED) is 0.396. The molecule has 38 valence electrons. The van der Waals surface area contributed by atoms with Crippen LogP contribution in [0.4, 0.5) is 13.2 Å². The third-order valence-corrected chi connectivity index (χ3v) is 0.0825. The Balaban J connectivity index is 0. The lowest BCUT2D eigenvalue weighted by atomic mass is 11.1. The van der Waals surface area contributed by atoms with Crippen LogP contribution in [0.15, 0.2) is 12.4 Å². The fourth-order valence-electron chi connectivity index (χ4n) is 0. The van der Waals surface area contributed by atoms with E-state index in [1.807, 2.05) is 0 Å². The maximum Gasteiger partial charge on any atom is 0.298 e. The second-order valence-corrected chi connectivity index (χ2v) is 0.399. The summed E-state index contributed by atoms with van der Waals surface area (Å²) < 4.78 is 30.7. The fourth-order valence-corrected chi connectivity index (χ4v) is 0. The summed E-state index contributed by atoms with van der Waals surface area (Å²) in [5.41, 5.74) is 0. The number of halogens is 3. The molecule has 0 aliphatic rings. The van der Waals surface area contributed by atoms with Gasteiger partial charge in [0.05, 0.1) is 0 Å². The summed E-state index contributed by atoms with van der Waals surface area (Å²) in [4.78, 5) is 0. The van der Waals surface area contributed by atoms with E-state index in [2.05, 4.69) is 0 Å². The molecule has 0 spiro atoms. The molecule has 0 aliphatic carbocycles. The zero-order chi connectivity index (χ0) is 4.28. The molecule has 0 saturated carbocycles. The summed E-state index contributed by atoms with van der Waals surface area (Å²) in [6.07, 6.45) is -3.04. The van der Waals surface area contributed by atoms with Gasteiger partial charge in [0.2, 0.25) is 0 Å². The van der Waals surface area contributed by atoms with Crippen molar-refractivity contribution in [3.63, 3.8) is 0 Å². The molecule has 4 heteroatoms. The molecule has 0 aromatic carbocycles. The van der Waals surface area contributed by atoms with Gasteiger partial charge >= 0.3 is 0 Å². The van der Waals surface area contributed by atoms with Gasteiger partial charge in [0.15, 0.2) is 6.33 Å². The van der Waals surface area contributed by atoms with Crippen molar-refractivity contribution in [3.8, 4) is 0 Å². The Morgan fingerprint density at radius 1 is 1.33 bits per heavy atom. The van der Waals surface area contributed by atoms with Crippen molar-refractivity contribution in [2.45, 2.75) is 0 Å². The first-order valence-electron chi connectivity index (χ1n) is 0.885. The van der Waals surface area contributed by atoms with E-state index in [0.717, 1.165) is 0 Å². The van der Waals surface area contributed by atoms with Gasteiger partial charge in [-0.3, -0.25) is 0 Å². The SMILES string of the molecule is FC=C(F)F.[SiH4]. The molecule has 0 heterocycles. The van der Waals surface area contributed by atoms with Crippen LogP contribution in [0, 0.1) is 0 Å². The summed E-state index contributed by atoms with van der Waals surface area (Å²) in [6, 6.07) is 0. The molecule has 0 aromatic rings. The van der Waals surface area contributed by atoms with E-state index < -0.39 is 12.4 Å². The van der Waals surface area contributed by atoms with Crippen LogP contribution < -0.4 is 0 Å². The molecule has 0 fully saturated rings. The zero-order valence-electron chi connectivity index (χ0n) is 2.21. The Morgan fingerprint density at radius 2 is 1.50 bits per heavy atom. The molecule has 0 nitrogen and oxygen atoms in total. The van der Waals surface area contributed by atoms with Crippen LogP contribution in [0.1, 0.15) is 0 Å². The molecule has 0 aliphatic heterocycles. The normalized spacial score (nSPS) is 5.83. The van der Waals surface area contributed by atoms with E-state index in [-0.39, 0.29) is 11.0 Å². The van der Waals surface area contributed by atoms with Crippen molar-refractivity contribution in [1.82, 2.24) is 0 Å². The van der Waals surface area contributed by atoms with Gasteiger partial charge < -0.3 is 0 Å². The van der Waals surface area contributed by atoms with Crippen molar-refractivity contribution >= 4 is 11.0 Å². The smallest absolute Gasteiger partial charge is 0.210 e. The fraction of sp³-hybridized carbons (Fsp3) is 0. The van der Waals surface area contributed by atoms with Gasteiger partial charge in [0, 0.05) is 0 Å². The molecule has 0 N–H and O–H groups in total. The predicted octanol–water partition coefficient (Wildman–Crippen LogP) is 0.242. The van der Waals surface area contributed by atoms with E-state index in [0.29, 0.717) is 0 Å². The van der Waals surface area contributed by atoms with Crippen LogP contribution in [0.5, 0.6) is 0 Å². The van der Waals surface area contributed by atoms with Crippen LogP contribution in [-0.4, -0.2) is 11.0 Å². The van der Waals surface area contributed by atoms with Crippen molar-refractivity contribution in [1.29, 1.82) is 0 Å². The van der Waals surface area contributed by atoms with E-state index in [1.54, 1.807) is 0 Å². The van der Waals surface area contributed by atoms with Crippen molar-refractivity contribution in [2.75, 3.05) is 0 Å². The molecule has 0 saturated heterocycles. The Morgan fingerprint density at radius 3 is 1.50 bits per heavy atom. The van der Waals surface area contributed by atoms with Crippen molar-refractivity contribution < 1.29 is 13.2 Å². The molecule has 0 bridgehead atoms. The minimum atomic E-state index is -2.29. The average molecular weight is 114 g/mol. The van der Waals surface area contributed by atoms with E-state index in [4.69, 9.17) is 0 Å². The number of rotatable bonds is 0. The highest BCUT2D eigenvalue weighted by atomic mass is 28.1. The summed E-state index contributed by atoms with van der Waals surface area (Å²) >= 11 is 0. The first kappa shape index (κ1) is 9.22. The van der Waals surface area contributed by atoms with Gasteiger partial charge in [0.25, 0.3) is 6.08 Å². The van der Waals surface area contributed by atoms with Gasteiger partial charge in [-0.1, -0.05) is 0 Å². The molecule has 0 rings (SSSR count). The average Bonchev–Trinajstić information content (AvgIpc) is 1.38. The van der Waals surface area contributed by atoms with Gasteiger partial charge in [0.1, 0.15) is 0 Å². The van der Waals surface area contributed by atoms with E-state index in [9.17, 15) is 13.2 Å². The maximum atomic E-state index is 10.2. The lowest BCUT2D eigenvalue weighted by Crippen LogP contribution is -1.42. The third kappa shape index (κ3) is 9.26. The third-order valence-electron chi connectivity index (χ3n) is 0.0825. The molecule has 0 atom stereocenters. The minimum absolute atomic E-state index is 0. The Labute approximate surface area is 37.7 Å². The molecule has 0 radical (unpaired) electrons. The van der Waals surface area contributed by atoms with Crippen molar-refractivity contribution in [3.05, 3.63) is 12.4 Å². The molecular weight excluding hydrogens is 109 g/mol. The predicted molar refractivity (Wildman–Crippen MR) is 22.7 cm³/mol. The summed E-state index contributed by atoms with van der Waals surface area (Å²) in [6.45, 7) is 0. The van der Waals surface area contributed by atoms with Gasteiger partial charge in [-0.25, -0.2) is 4.39 Å². The Bertz CT molecular complexity index is 46.8. The summed E-state index contributed by atoms with van der Waals surface area (Å²) in [7, 11) is 0. The largest absolute Gasteiger partial charge is 0.298 e. The van der Waals surface area contributed by atoms with Crippen LogP contribution in [0.3, 0.4) is 0 Å². The first-order chi connectivity index (χ1) is 2.27. The van der Waals surface area contributed by atoms with E-state index >= 15 is 0 Å². The number of hydrogen-bond donors (Lipinski definition) is 0. The highest BCUT2D eigenvalue weighted by molar-refractivity contribution is 5.75. The highest BCUT2D eigenvalue weighted by Crippen LogP contribution is 1.93. The maximum absolute atomic E-state index is 10.2. The lowest BCUT2D eigenvalue weighted by Gasteiger charge is -1.59. The monoisotopic (exact) mass is 114 g/mol. The minimum Gasteiger partial charge on any atom is -0.210 e. The molecule has 0 aromatic heterocycles. The first-order valence-corrected chi connectivity index (χ1v) is 0.885. The topological polar surface area (TPSA) is 0 Å². The lowest BCUT2D eigenvalue weighted by molar-refractivity contribution is 0.400. The molecule has 0 unspecified atom stereocenters. The van der Waals surface area contributed by atoms with Gasteiger partial charge in [-0.05, 0) is 11.0 Å². The second kappa shape index (κ2) is 4.75. The van der Waals surface area contributed by atoms with Crippen molar-refractivity contribution in [2.24, 2.45) is 0 Å². The highest BCUT2D eigenvalue weighted by Gasteiger charge is 1.78. The Hall–Kier alpha value is -0.253. The summed E-state index contributed by atoms with van der Waals surface area (Å²) in [5.74, 6) is 0. The zero-order valence-corrected chi connectivity index (χ0v) is 2.21.